The van der Waals surface area contributed by atoms with Crippen LogP contribution in [-0.2, 0) is 14.3 Å². The van der Waals surface area contributed by atoms with Gasteiger partial charge >= 0.3 is 5.97 Å². The quantitative estimate of drug-likeness (QED) is 0.0578. The fourth-order valence-electron chi connectivity index (χ4n) is 11.7. The molecule has 9 atom stereocenters. The van der Waals surface area contributed by atoms with E-state index in [2.05, 4.69) is 59.8 Å². The van der Waals surface area contributed by atoms with E-state index in [9.17, 15) is 9.90 Å². The second-order valence-electron chi connectivity index (χ2n) is 19.1. The lowest BCUT2D eigenvalue weighted by Crippen LogP contribution is -2.51. The third-order valence-corrected chi connectivity index (χ3v) is 14.9. The van der Waals surface area contributed by atoms with Gasteiger partial charge in [0.15, 0.2) is 0 Å². The van der Waals surface area contributed by atoms with Crippen LogP contribution in [0.3, 0.4) is 0 Å². The number of hydrogen-bond acceptors (Lipinski definition) is 4. The van der Waals surface area contributed by atoms with E-state index in [-0.39, 0.29) is 18.7 Å². The Bertz CT molecular complexity index is 1080. The predicted octanol–water partition coefficient (Wildman–Crippen LogP) is 13.4. The molecule has 0 amide bonds. The molecule has 0 aliphatic heterocycles. The molecule has 3 saturated carbocycles. The van der Waals surface area contributed by atoms with E-state index in [0.29, 0.717) is 23.9 Å². The van der Waals surface area contributed by atoms with Crippen LogP contribution in [0.1, 0.15) is 202 Å². The minimum atomic E-state index is -0.562. The standard InChI is InChI=1S/C48H84O4/c1-7-8-9-10-11-12-13-14-15-16-17-18-19-20-21-25-46(50)52-41(35-49)36-51-40-30-32-47(5)39(34-40)26-27-42-44-29-28-43(38(4)24-22-23-37(2)3)48(44,6)33-31-45(42)47/h14-15,26,37-38,40-45,49H,7-13,16-25,27-36H2,1-6H3/b15-14-/t38-,40+,41?,42+,43-,44+,45+,47+,48-/m1/s1. The Hall–Kier alpha value is -1.13. The second-order valence-corrected chi connectivity index (χ2v) is 19.1. The summed E-state index contributed by atoms with van der Waals surface area (Å²) in [6.07, 6.45) is 38.0. The molecule has 0 saturated heterocycles. The van der Waals surface area contributed by atoms with Crippen molar-refractivity contribution in [2.45, 2.75) is 214 Å². The molecule has 0 aromatic rings. The number of carbonyl (C=O) groups is 1. The van der Waals surface area contributed by atoms with Gasteiger partial charge < -0.3 is 14.6 Å². The van der Waals surface area contributed by atoms with Gasteiger partial charge in [0.1, 0.15) is 6.10 Å². The first-order chi connectivity index (χ1) is 25.1. The first-order valence-corrected chi connectivity index (χ1v) is 22.9. The van der Waals surface area contributed by atoms with E-state index in [1.165, 1.54) is 128 Å². The number of unbranched alkanes of at least 4 members (excludes halogenated alkanes) is 11. The Labute approximate surface area is 322 Å². The van der Waals surface area contributed by atoms with Gasteiger partial charge in [-0.25, -0.2) is 0 Å². The number of allylic oxidation sites excluding steroid dienone is 3. The number of aliphatic hydroxyl groups excluding tert-OH is 1. The topological polar surface area (TPSA) is 55.8 Å². The van der Waals surface area contributed by atoms with Gasteiger partial charge in [-0.2, -0.15) is 0 Å². The lowest BCUT2D eigenvalue weighted by molar-refractivity contribution is -0.157. The van der Waals surface area contributed by atoms with E-state index in [1.807, 2.05) is 0 Å². The van der Waals surface area contributed by atoms with Crippen LogP contribution >= 0.6 is 0 Å². The molecular weight excluding hydrogens is 641 g/mol. The fourth-order valence-corrected chi connectivity index (χ4v) is 11.7. The molecule has 0 aromatic carbocycles. The molecule has 52 heavy (non-hydrogen) atoms. The maximum absolute atomic E-state index is 12.6. The molecule has 0 radical (unpaired) electrons. The third kappa shape index (κ3) is 12.4. The number of rotatable bonds is 25. The van der Waals surface area contributed by atoms with Gasteiger partial charge in [0.05, 0.1) is 19.3 Å². The van der Waals surface area contributed by atoms with Gasteiger partial charge in [0.2, 0.25) is 0 Å². The maximum atomic E-state index is 12.6. The molecule has 1 N–H and O–H groups in total. The summed E-state index contributed by atoms with van der Waals surface area (Å²) in [7, 11) is 0. The summed E-state index contributed by atoms with van der Waals surface area (Å²) >= 11 is 0. The lowest BCUT2D eigenvalue weighted by Gasteiger charge is -2.58. The second kappa shape index (κ2) is 22.4. The van der Waals surface area contributed by atoms with Crippen LogP contribution in [-0.4, -0.2) is 36.5 Å². The van der Waals surface area contributed by atoms with E-state index in [0.717, 1.165) is 61.2 Å². The monoisotopic (exact) mass is 725 g/mol. The number of aliphatic hydroxyl groups is 1. The normalized spacial score (nSPS) is 31.2. The van der Waals surface area contributed by atoms with Crippen molar-refractivity contribution in [2.75, 3.05) is 13.2 Å². The third-order valence-electron chi connectivity index (χ3n) is 14.9. The molecule has 4 nitrogen and oxygen atoms in total. The summed E-state index contributed by atoms with van der Waals surface area (Å²) in [5.41, 5.74) is 2.46. The van der Waals surface area contributed by atoms with Crippen LogP contribution in [0.25, 0.3) is 0 Å². The van der Waals surface area contributed by atoms with Gasteiger partial charge in [0.25, 0.3) is 0 Å². The summed E-state index contributed by atoms with van der Waals surface area (Å²) < 4.78 is 12.1. The van der Waals surface area contributed by atoms with Crippen LogP contribution in [0.5, 0.6) is 0 Å². The first kappa shape index (κ1) is 43.6. The summed E-state index contributed by atoms with van der Waals surface area (Å²) in [4.78, 5) is 12.6. The summed E-state index contributed by atoms with van der Waals surface area (Å²) in [6.45, 7) is 15.0. The zero-order valence-corrected chi connectivity index (χ0v) is 35.1. The zero-order valence-electron chi connectivity index (χ0n) is 35.1. The van der Waals surface area contributed by atoms with Crippen molar-refractivity contribution < 1.29 is 19.4 Å². The predicted molar refractivity (Wildman–Crippen MR) is 219 cm³/mol. The highest BCUT2D eigenvalue weighted by Gasteiger charge is 2.59. The fraction of sp³-hybridized carbons (Fsp3) is 0.896. The Balaban J connectivity index is 1.11. The molecule has 4 rings (SSSR count). The molecule has 4 heteroatoms. The van der Waals surface area contributed by atoms with E-state index < -0.39 is 6.10 Å². The smallest absolute Gasteiger partial charge is 0.306 e. The van der Waals surface area contributed by atoms with Gasteiger partial charge in [-0.3, -0.25) is 4.79 Å². The number of esters is 1. The van der Waals surface area contributed by atoms with Crippen molar-refractivity contribution >= 4 is 5.97 Å². The molecule has 0 bridgehead atoms. The van der Waals surface area contributed by atoms with Crippen LogP contribution in [0.2, 0.25) is 0 Å². The van der Waals surface area contributed by atoms with Gasteiger partial charge in [-0.15, -0.1) is 0 Å². The Morgan fingerprint density at radius 1 is 0.846 bits per heavy atom. The minimum Gasteiger partial charge on any atom is -0.457 e. The number of carbonyl (C=O) groups excluding carboxylic acids is 1. The molecule has 0 aromatic heterocycles. The Morgan fingerprint density at radius 2 is 1.54 bits per heavy atom. The first-order valence-electron chi connectivity index (χ1n) is 22.9. The Morgan fingerprint density at radius 3 is 2.23 bits per heavy atom. The Kier molecular flexibility index (Phi) is 18.8. The largest absolute Gasteiger partial charge is 0.457 e. The molecule has 4 aliphatic rings. The van der Waals surface area contributed by atoms with Crippen molar-refractivity contribution in [1.82, 2.24) is 0 Å². The maximum Gasteiger partial charge on any atom is 0.306 e. The molecule has 1 unspecified atom stereocenters. The van der Waals surface area contributed by atoms with Crippen LogP contribution in [0.4, 0.5) is 0 Å². The minimum absolute atomic E-state index is 0.158. The lowest BCUT2D eigenvalue weighted by atomic mass is 9.47. The number of ether oxygens (including phenoxy) is 2. The van der Waals surface area contributed by atoms with E-state index in [1.54, 1.807) is 5.57 Å². The average Bonchev–Trinajstić information content (AvgIpc) is 3.48. The zero-order chi connectivity index (χ0) is 37.4. The molecule has 4 aliphatic carbocycles. The summed E-state index contributed by atoms with van der Waals surface area (Å²) in [5, 5.41) is 10.0. The highest BCUT2D eigenvalue weighted by Crippen LogP contribution is 2.67. The van der Waals surface area contributed by atoms with Gasteiger partial charge in [-0.1, -0.05) is 136 Å². The molecule has 0 heterocycles. The van der Waals surface area contributed by atoms with Crippen molar-refractivity contribution in [2.24, 2.45) is 46.3 Å². The van der Waals surface area contributed by atoms with Crippen molar-refractivity contribution in [3.05, 3.63) is 23.8 Å². The summed E-state index contributed by atoms with van der Waals surface area (Å²) in [6, 6.07) is 0. The van der Waals surface area contributed by atoms with Crippen LogP contribution in [0, 0.1) is 46.3 Å². The van der Waals surface area contributed by atoms with Crippen molar-refractivity contribution in [1.29, 1.82) is 0 Å². The highest BCUT2D eigenvalue weighted by molar-refractivity contribution is 5.69. The highest BCUT2D eigenvalue weighted by atomic mass is 16.6. The van der Waals surface area contributed by atoms with E-state index >= 15 is 0 Å². The van der Waals surface area contributed by atoms with Crippen molar-refractivity contribution in [3.63, 3.8) is 0 Å². The molecule has 300 valence electrons. The van der Waals surface area contributed by atoms with Gasteiger partial charge in [0, 0.05) is 6.42 Å². The average molecular weight is 725 g/mol. The number of hydrogen-bond donors (Lipinski definition) is 1. The molecule has 0 spiro atoms. The van der Waals surface area contributed by atoms with Gasteiger partial charge in [-0.05, 0) is 130 Å². The van der Waals surface area contributed by atoms with Crippen LogP contribution in [0.15, 0.2) is 23.8 Å². The summed E-state index contributed by atoms with van der Waals surface area (Å²) in [5.74, 6) is 4.94. The van der Waals surface area contributed by atoms with Crippen LogP contribution < -0.4 is 0 Å². The number of fused-ring (bicyclic) bond motifs is 5. The van der Waals surface area contributed by atoms with E-state index in [4.69, 9.17) is 9.47 Å². The SMILES string of the molecule is CCCCCCCC/C=C\CCCCCCCC(=O)OC(CO)CO[C@H]1CC[C@@]2(C)C(=CC[C@H]3[C@@H]4CC[C@H]([C@H](C)CCCC(C)C)[C@@]4(C)CC[C@@H]32)C1. The molecule has 3 fully saturated rings. The molecular formula is C48H84O4. The van der Waals surface area contributed by atoms with Crippen molar-refractivity contribution in [3.8, 4) is 0 Å².